The Morgan fingerprint density at radius 1 is 0.622 bits per heavy atom. The molecule has 0 N–H and O–H groups in total. The normalized spacial score (nSPS) is 13.9. The number of benzene rings is 5. The van der Waals surface area contributed by atoms with Gasteiger partial charge in [-0.25, -0.2) is 9.97 Å². The summed E-state index contributed by atoms with van der Waals surface area (Å²) in [5, 5.41) is 4.92. The van der Waals surface area contributed by atoms with Crippen LogP contribution in [0.1, 0.15) is 43.3 Å². The molecule has 3 aromatic heterocycles. The van der Waals surface area contributed by atoms with E-state index >= 15 is 0 Å². The molecule has 0 saturated carbocycles. The molecule has 45 heavy (non-hydrogen) atoms. The Balaban J connectivity index is 1.44. The molecular formula is C41H32N4. The Morgan fingerprint density at radius 2 is 1.29 bits per heavy atom. The maximum atomic E-state index is 5.14. The molecule has 0 fully saturated rings. The number of hydrogen-bond acceptors (Lipinski definition) is 2. The monoisotopic (exact) mass is 580 g/mol. The van der Waals surface area contributed by atoms with Crippen LogP contribution in [0.5, 0.6) is 0 Å². The minimum atomic E-state index is -0.191. The predicted molar refractivity (Wildman–Crippen MR) is 188 cm³/mol. The van der Waals surface area contributed by atoms with Crippen LogP contribution in [-0.4, -0.2) is 19.1 Å². The highest BCUT2D eigenvalue weighted by Gasteiger charge is 2.38. The first-order valence-corrected chi connectivity index (χ1v) is 15.6. The summed E-state index contributed by atoms with van der Waals surface area (Å²) in [5.74, 6) is 0.697. The van der Waals surface area contributed by atoms with E-state index in [9.17, 15) is 0 Å². The van der Waals surface area contributed by atoms with Crippen LogP contribution < -0.4 is 0 Å². The van der Waals surface area contributed by atoms with E-state index < -0.39 is 0 Å². The zero-order valence-electron chi connectivity index (χ0n) is 25.8. The second kappa shape index (κ2) is 9.26. The third-order valence-corrected chi connectivity index (χ3v) is 9.67. The second-order valence-electron chi connectivity index (χ2n) is 12.7. The van der Waals surface area contributed by atoms with Crippen LogP contribution in [-0.2, 0) is 5.41 Å². The van der Waals surface area contributed by atoms with E-state index in [2.05, 4.69) is 139 Å². The van der Waals surface area contributed by atoms with Gasteiger partial charge in [-0.15, -0.1) is 0 Å². The largest absolute Gasteiger partial charge is 0.309 e. The van der Waals surface area contributed by atoms with Crippen LogP contribution in [0.2, 0.25) is 0 Å². The van der Waals surface area contributed by atoms with Gasteiger partial charge in [0.1, 0.15) is 0 Å². The Morgan fingerprint density at radius 3 is 2.04 bits per heavy atom. The van der Waals surface area contributed by atoms with Crippen molar-refractivity contribution in [1.82, 2.24) is 19.1 Å². The lowest BCUT2D eigenvalue weighted by Gasteiger charge is -2.23. The predicted octanol–water partition coefficient (Wildman–Crippen LogP) is 10.3. The van der Waals surface area contributed by atoms with Gasteiger partial charge < -0.3 is 4.57 Å². The molecule has 0 atom stereocenters. The number of fused-ring (bicyclic) bond motifs is 10. The molecule has 0 unspecified atom stereocenters. The van der Waals surface area contributed by atoms with E-state index in [4.69, 9.17) is 9.97 Å². The summed E-state index contributed by atoms with van der Waals surface area (Å²) in [6.07, 6.45) is 4.09. The minimum Gasteiger partial charge on any atom is -0.309 e. The quantitative estimate of drug-likeness (QED) is 0.208. The lowest BCUT2D eigenvalue weighted by atomic mass is 9.81. The molecule has 4 nitrogen and oxygen atoms in total. The molecule has 0 saturated heterocycles. The molecule has 1 aliphatic rings. The number of nitrogens with zero attached hydrogens (tertiary/aromatic N) is 4. The highest BCUT2D eigenvalue weighted by Crippen LogP contribution is 2.53. The van der Waals surface area contributed by atoms with Crippen molar-refractivity contribution in [1.29, 1.82) is 0 Å². The summed E-state index contributed by atoms with van der Waals surface area (Å²) in [5.41, 5.74) is 12.7. The van der Waals surface area contributed by atoms with E-state index in [0.29, 0.717) is 5.95 Å². The first-order valence-electron chi connectivity index (χ1n) is 15.6. The van der Waals surface area contributed by atoms with E-state index in [1.54, 1.807) is 0 Å². The summed E-state index contributed by atoms with van der Waals surface area (Å²) in [4.78, 5) is 10.2. The fourth-order valence-electron chi connectivity index (χ4n) is 7.83. The lowest BCUT2D eigenvalue weighted by molar-refractivity contribution is 0.663. The molecule has 4 heteroatoms. The van der Waals surface area contributed by atoms with Crippen molar-refractivity contribution in [2.75, 3.05) is 0 Å². The Kier molecular flexibility index (Phi) is 5.34. The Hall–Kier alpha value is -5.48. The van der Waals surface area contributed by atoms with Gasteiger partial charge in [0.25, 0.3) is 0 Å². The van der Waals surface area contributed by atoms with Crippen LogP contribution in [0.25, 0.3) is 72.5 Å². The number of hydrogen-bond donors (Lipinski definition) is 0. The van der Waals surface area contributed by atoms with Gasteiger partial charge in [-0.05, 0) is 72.5 Å². The Bertz CT molecular complexity index is 2490. The molecule has 8 aromatic rings. The molecule has 9 rings (SSSR count). The highest BCUT2D eigenvalue weighted by atomic mass is 15.2. The molecule has 0 spiro atoms. The summed E-state index contributed by atoms with van der Waals surface area (Å²) in [6, 6.07) is 39.8. The number of aromatic nitrogens is 4. The summed E-state index contributed by atoms with van der Waals surface area (Å²) < 4.78 is 4.72. The molecule has 1 aliphatic carbocycles. The van der Waals surface area contributed by atoms with E-state index in [-0.39, 0.29) is 5.41 Å². The van der Waals surface area contributed by atoms with E-state index in [0.717, 1.165) is 22.6 Å². The van der Waals surface area contributed by atoms with Crippen molar-refractivity contribution in [3.05, 3.63) is 138 Å². The van der Waals surface area contributed by atoms with Crippen LogP contribution in [0, 0.1) is 6.92 Å². The van der Waals surface area contributed by atoms with Gasteiger partial charge in [0.05, 0.1) is 27.8 Å². The average molecular weight is 581 g/mol. The van der Waals surface area contributed by atoms with Crippen LogP contribution in [0.15, 0.2) is 115 Å². The van der Waals surface area contributed by atoms with Gasteiger partial charge in [-0.2, -0.15) is 0 Å². The van der Waals surface area contributed by atoms with Crippen molar-refractivity contribution >= 4 is 49.7 Å². The van der Waals surface area contributed by atoms with E-state index in [1.165, 1.54) is 60.3 Å². The molecule has 3 heterocycles. The van der Waals surface area contributed by atoms with Crippen molar-refractivity contribution in [3.63, 3.8) is 0 Å². The minimum absolute atomic E-state index is 0.191. The second-order valence-corrected chi connectivity index (χ2v) is 12.7. The fourth-order valence-corrected chi connectivity index (χ4v) is 7.83. The SMILES string of the molecule is C/C=C/c1cc(C)nc(-n2c3cc(-n4c5ccccc5c5ccccc54)ccc3c3ccc4c(c32)C(C)(C)c2ccccc2-4)n1. The van der Waals surface area contributed by atoms with Crippen LogP contribution in [0.4, 0.5) is 0 Å². The number of aryl methyl sites for hydroxylation is 1. The number of para-hydroxylation sites is 2. The van der Waals surface area contributed by atoms with Gasteiger partial charge in [0.2, 0.25) is 5.95 Å². The van der Waals surface area contributed by atoms with Crippen molar-refractivity contribution in [2.24, 2.45) is 0 Å². The van der Waals surface area contributed by atoms with Gasteiger partial charge >= 0.3 is 0 Å². The van der Waals surface area contributed by atoms with Crippen molar-refractivity contribution in [2.45, 2.75) is 33.1 Å². The summed E-state index contributed by atoms with van der Waals surface area (Å²) >= 11 is 0. The van der Waals surface area contributed by atoms with E-state index in [1.807, 2.05) is 19.1 Å². The van der Waals surface area contributed by atoms with Gasteiger partial charge in [-0.1, -0.05) is 98.8 Å². The van der Waals surface area contributed by atoms with Gasteiger partial charge in [0.15, 0.2) is 0 Å². The Labute approximate surface area is 261 Å². The molecule has 0 aliphatic heterocycles. The maximum absolute atomic E-state index is 5.14. The third-order valence-electron chi connectivity index (χ3n) is 9.67. The van der Waals surface area contributed by atoms with Crippen molar-refractivity contribution < 1.29 is 0 Å². The molecule has 0 bridgehead atoms. The zero-order chi connectivity index (χ0) is 30.4. The summed E-state index contributed by atoms with van der Waals surface area (Å²) in [7, 11) is 0. The zero-order valence-corrected chi connectivity index (χ0v) is 25.8. The van der Waals surface area contributed by atoms with Gasteiger partial charge in [0, 0.05) is 38.3 Å². The molecule has 0 amide bonds. The average Bonchev–Trinajstić information content (AvgIpc) is 3.64. The maximum Gasteiger partial charge on any atom is 0.235 e. The van der Waals surface area contributed by atoms with Crippen LogP contribution >= 0.6 is 0 Å². The molecule has 216 valence electrons. The molecular weight excluding hydrogens is 548 g/mol. The number of allylic oxidation sites excluding steroid dienone is 1. The standard InChI is InChI=1S/C41H32N4/c1-5-12-26-23-25(2)42-40(43-26)45-37-24-27(44-35-17-10-7-14-29(35)30-15-8-11-18-36(30)44)19-20-31(37)33-22-21-32-28-13-6-9-16-34(28)41(3,4)38(32)39(33)45/h5-24H,1-4H3/b12-5+. The lowest BCUT2D eigenvalue weighted by Crippen LogP contribution is -2.17. The molecule has 0 radical (unpaired) electrons. The van der Waals surface area contributed by atoms with Gasteiger partial charge in [-0.3, -0.25) is 4.57 Å². The number of rotatable bonds is 3. The third kappa shape index (κ3) is 3.54. The summed E-state index contributed by atoms with van der Waals surface area (Å²) in [6.45, 7) is 8.79. The first kappa shape index (κ1) is 26.0. The van der Waals surface area contributed by atoms with Crippen LogP contribution in [0.3, 0.4) is 0 Å². The molecule has 5 aromatic carbocycles. The first-order chi connectivity index (χ1) is 22.0. The smallest absolute Gasteiger partial charge is 0.235 e. The topological polar surface area (TPSA) is 35.6 Å². The fraction of sp³-hybridized carbons (Fsp3) is 0.122. The van der Waals surface area contributed by atoms with Crippen molar-refractivity contribution in [3.8, 4) is 22.8 Å². The highest BCUT2D eigenvalue weighted by molar-refractivity contribution is 6.14.